The molecule has 15 heavy (non-hydrogen) atoms. The number of nitrogens with zero attached hydrogens (tertiary/aromatic N) is 1. The summed E-state index contributed by atoms with van der Waals surface area (Å²) in [5, 5.41) is 0. The summed E-state index contributed by atoms with van der Waals surface area (Å²) in [6, 6.07) is 9.86. The minimum Gasteiger partial charge on any atom is -0.315 e. The lowest BCUT2D eigenvalue weighted by molar-refractivity contribution is -0.121. The van der Waals surface area contributed by atoms with Crippen LogP contribution in [0.5, 0.6) is 0 Å². The topological polar surface area (TPSA) is 20.3 Å². The smallest absolute Gasteiger partial charge is 0.229 e. The fourth-order valence-electron chi connectivity index (χ4n) is 2.23. The normalized spacial score (nSPS) is 16.6. The van der Waals surface area contributed by atoms with Gasteiger partial charge < -0.3 is 4.90 Å². The molecule has 2 heteroatoms. The van der Waals surface area contributed by atoms with Crippen LogP contribution >= 0.6 is 0 Å². The van der Waals surface area contributed by atoms with Crippen LogP contribution in [0, 0.1) is 5.92 Å². The predicted octanol–water partition coefficient (Wildman–Crippen LogP) is 2.84. The Labute approximate surface area is 90.9 Å². The lowest BCUT2D eigenvalue weighted by Gasteiger charge is -2.20. The van der Waals surface area contributed by atoms with E-state index in [0.717, 1.165) is 18.5 Å². The molecule has 0 bridgehead atoms. The minimum absolute atomic E-state index is 0.259. The zero-order valence-corrected chi connectivity index (χ0v) is 9.15. The highest BCUT2D eigenvalue weighted by Crippen LogP contribution is 2.27. The van der Waals surface area contributed by atoms with Gasteiger partial charge in [-0.25, -0.2) is 0 Å². The van der Waals surface area contributed by atoms with E-state index in [-0.39, 0.29) is 11.8 Å². The molecule has 0 spiro atoms. The number of amides is 1. The van der Waals surface area contributed by atoms with Gasteiger partial charge in [-0.2, -0.15) is 0 Å². The van der Waals surface area contributed by atoms with Crippen LogP contribution in [0.1, 0.15) is 25.7 Å². The Morgan fingerprint density at radius 3 is 2.40 bits per heavy atom. The van der Waals surface area contributed by atoms with Gasteiger partial charge in [0.15, 0.2) is 0 Å². The van der Waals surface area contributed by atoms with Gasteiger partial charge in [0.25, 0.3) is 0 Å². The van der Waals surface area contributed by atoms with Crippen LogP contribution in [-0.4, -0.2) is 13.0 Å². The standard InChI is InChI=1S/C13H17NO/c1-14(12-9-3-2-4-10-12)13(15)11-7-5-6-8-11/h2-4,9-11H,5-8H2,1H3. The van der Waals surface area contributed by atoms with E-state index >= 15 is 0 Å². The molecule has 1 aliphatic carbocycles. The summed E-state index contributed by atoms with van der Waals surface area (Å²) in [7, 11) is 1.87. The number of carbonyl (C=O) groups excluding carboxylic acids is 1. The molecule has 1 fully saturated rings. The summed E-state index contributed by atoms with van der Waals surface area (Å²) in [6.07, 6.45) is 4.55. The van der Waals surface area contributed by atoms with Crippen molar-refractivity contribution in [3.05, 3.63) is 30.3 Å². The zero-order chi connectivity index (χ0) is 10.7. The van der Waals surface area contributed by atoms with Crippen molar-refractivity contribution in [2.75, 3.05) is 11.9 Å². The van der Waals surface area contributed by atoms with Crippen LogP contribution in [0.15, 0.2) is 30.3 Å². The Morgan fingerprint density at radius 1 is 1.20 bits per heavy atom. The summed E-state index contributed by atoms with van der Waals surface area (Å²) < 4.78 is 0. The summed E-state index contributed by atoms with van der Waals surface area (Å²) in [6.45, 7) is 0. The highest BCUT2D eigenvalue weighted by molar-refractivity contribution is 5.94. The molecule has 2 nitrogen and oxygen atoms in total. The SMILES string of the molecule is CN(C(=O)C1CCCC1)c1ccccc1. The number of rotatable bonds is 2. The van der Waals surface area contributed by atoms with Gasteiger partial charge >= 0.3 is 0 Å². The van der Waals surface area contributed by atoms with Gasteiger partial charge in [0.1, 0.15) is 0 Å². The van der Waals surface area contributed by atoms with Gasteiger partial charge in [-0.1, -0.05) is 31.0 Å². The molecule has 1 aromatic rings. The third-order valence-electron chi connectivity index (χ3n) is 3.18. The first-order valence-electron chi connectivity index (χ1n) is 5.61. The Kier molecular flexibility index (Phi) is 3.05. The Balaban J connectivity index is 2.07. The summed E-state index contributed by atoms with van der Waals surface area (Å²) in [5.74, 6) is 0.536. The second-order valence-electron chi connectivity index (χ2n) is 4.21. The second kappa shape index (κ2) is 4.47. The first-order chi connectivity index (χ1) is 7.29. The Bertz CT molecular complexity index is 328. The number of para-hydroxylation sites is 1. The van der Waals surface area contributed by atoms with Crippen molar-refractivity contribution in [3.63, 3.8) is 0 Å². The van der Waals surface area contributed by atoms with Crippen LogP contribution in [0.2, 0.25) is 0 Å². The molecule has 0 radical (unpaired) electrons. The molecule has 0 heterocycles. The minimum atomic E-state index is 0.259. The third kappa shape index (κ3) is 2.20. The molecule has 0 aromatic heterocycles. The van der Waals surface area contributed by atoms with Crippen molar-refractivity contribution in [1.82, 2.24) is 0 Å². The van der Waals surface area contributed by atoms with Crippen molar-refractivity contribution < 1.29 is 4.79 Å². The number of carbonyl (C=O) groups is 1. The molecule has 0 unspecified atom stereocenters. The largest absolute Gasteiger partial charge is 0.315 e. The highest BCUT2D eigenvalue weighted by atomic mass is 16.2. The van der Waals surface area contributed by atoms with Crippen molar-refractivity contribution in [2.24, 2.45) is 5.92 Å². The zero-order valence-electron chi connectivity index (χ0n) is 9.15. The van der Waals surface area contributed by atoms with Gasteiger partial charge in [0, 0.05) is 18.7 Å². The summed E-state index contributed by atoms with van der Waals surface area (Å²) >= 11 is 0. The van der Waals surface area contributed by atoms with E-state index in [0.29, 0.717) is 0 Å². The van der Waals surface area contributed by atoms with Gasteiger partial charge in [-0.05, 0) is 25.0 Å². The molecular formula is C13H17NO. The number of hydrogen-bond acceptors (Lipinski definition) is 1. The maximum absolute atomic E-state index is 12.1. The van der Waals surface area contributed by atoms with Crippen LogP contribution in [0.4, 0.5) is 5.69 Å². The fraction of sp³-hybridized carbons (Fsp3) is 0.462. The van der Waals surface area contributed by atoms with E-state index in [2.05, 4.69) is 0 Å². The lowest BCUT2D eigenvalue weighted by atomic mass is 10.1. The van der Waals surface area contributed by atoms with Gasteiger partial charge in [0.2, 0.25) is 5.91 Å². The first-order valence-corrected chi connectivity index (χ1v) is 5.61. The molecule has 1 aliphatic rings. The van der Waals surface area contributed by atoms with Crippen LogP contribution < -0.4 is 4.90 Å². The molecule has 0 saturated heterocycles. The number of anilines is 1. The molecule has 1 amide bonds. The second-order valence-corrected chi connectivity index (χ2v) is 4.21. The maximum atomic E-state index is 12.1. The molecule has 1 saturated carbocycles. The lowest BCUT2D eigenvalue weighted by Crippen LogP contribution is -2.31. The van der Waals surface area contributed by atoms with Crippen LogP contribution in [0.3, 0.4) is 0 Å². The predicted molar refractivity (Wildman–Crippen MR) is 61.8 cm³/mol. The van der Waals surface area contributed by atoms with E-state index in [1.807, 2.05) is 37.4 Å². The van der Waals surface area contributed by atoms with Crippen molar-refractivity contribution in [2.45, 2.75) is 25.7 Å². The molecule has 1 aromatic carbocycles. The van der Waals surface area contributed by atoms with Crippen LogP contribution in [-0.2, 0) is 4.79 Å². The summed E-state index contributed by atoms with van der Waals surface area (Å²) in [5.41, 5.74) is 0.995. The molecule has 0 aliphatic heterocycles. The monoisotopic (exact) mass is 203 g/mol. The fourth-order valence-corrected chi connectivity index (χ4v) is 2.23. The van der Waals surface area contributed by atoms with Crippen molar-refractivity contribution >= 4 is 11.6 Å². The molecule has 2 rings (SSSR count). The molecule has 80 valence electrons. The average molecular weight is 203 g/mol. The molecule has 0 N–H and O–H groups in total. The van der Waals surface area contributed by atoms with Crippen molar-refractivity contribution in [3.8, 4) is 0 Å². The van der Waals surface area contributed by atoms with Crippen molar-refractivity contribution in [1.29, 1.82) is 0 Å². The van der Waals surface area contributed by atoms with E-state index in [1.54, 1.807) is 4.90 Å². The summed E-state index contributed by atoms with van der Waals surface area (Å²) in [4.78, 5) is 13.9. The van der Waals surface area contributed by atoms with Gasteiger partial charge in [-0.3, -0.25) is 4.79 Å². The molecular weight excluding hydrogens is 186 g/mol. The quantitative estimate of drug-likeness (QED) is 0.723. The Morgan fingerprint density at radius 2 is 1.80 bits per heavy atom. The first kappa shape index (κ1) is 10.2. The van der Waals surface area contributed by atoms with Crippen LogP contribution in [0.25, 0.3) is 0 Å². The Hall–Kier alpha value is -1.31. The van der Waals surface area contributed by atoms with E-state index in [9.17, 15) is 4.79 Å². The average Bonchev–Trinajstić information content (AvgIpc) is 2.82. The number of benzene rings is 1. The number of hydrogen-bond donors (Lipinski definition) is 0. The van der Waals surface area contributed by atoms with E-state index in [4.69, 9.17) is 0 Å². The van der Waals surface area contributed by atoms with E-state index < -0.39 is 0 Å². The maximum Gasteiger partial charge on any atom is 0.229 e. The third-order valence-corrected chi connectivity index (χ3v) is 3.18. The highest BCUT2D eigenvalue weighted by Gasteiger charge is 2.25. The van der Waals surface area contributed by atoms with Gasteiger partial charge in [0.05, 0.1) is 0 Å². The molecule has 0 atom stereocenters. The van der Waals surface area contributed by atoms with Gasteiger partial charge in [-0.15, -0.1) is 0 Å². The van der Waals surface area contributed by atoms with E-state index in [1.165, 1.54) is 12.8 Å².